The Hall–Kier alpha value is -3.75. The summed E-state index contributed by atoms with van der Waals surface area (Å²) in [6.07, 6.45) is 0.762. The molecule has 0 aliphatic carbocycles. The molecule has 1 amide bonds. The molecule has 0 radical (unpaired) electrons. The maximum Gasteiger partial charge on any atom is 0.335 e. The highest BCUT2D eigenvalue weighted by Gasteiger charge is 2.12. The fourth-order valence-corrected chi connectivity index (χ4v) is 2.68. The summed E-state index contributed by atoms with van der Waals surface area (Å²) in [5, 5.41) is 23.2. The summed E-state index contributed by atoms with van der Waals surface area (Å²) in [6.45, 7) is 1.76. The molecule has 1 heterocycles. The zero-order chi connectivity index (χ0) is 20.1. The summed E-state index contributed by atoms with van der Waals surface area (Å²) in [6, 6.07) is 11.7. The standard InChI is InChI=1S/C19H19N5O4/c1-12-21-22-23-24(12)16-11-15(8-9-17(16)28-2)20-18(25)10-5-13-3-6-14(7-4-13)19(26)27/h3-4,6-9,11H,5,10H2,1-2H3,(H,20,25)(H,26,27). The number of hydrogen-bond acceptors (Lipinski definition) is 6. The van der Waals surface area contributed by atoms with Crippen LogP contribution >= 0.6 is 0 Å². The van der Waals surface area contributed by atoms with Gasteiger partial charge in [0.1, 0.15) is 11.4 Å². The molecule has 3 aromatic rings. The van der Waals surface area contributed by atoms with Gasteiger partial charge >= 0.3 is 5.97 Å². The number of tetrazole rings is 1. The number of aromatic carboxylic acids is 1. The Labute approximate surface area is 160 Å². The molecule has 2 N–H and O–H groups in total. The molecule has 3 rings (SSSR count). The summed E-state index contributed by atoms with van der Waals surface area (Å²) in [5.74, 6) is 0.0304. The molecular formula is C19H19N5O4. The topological polar surface area (TPSA) is 119 Å². The van der Waals surface area contributed by atoms with E-state index in [1.165, 1.54) is 16.8 Å². The molecule has 0 saturated heterocycles. The third-order valence-corrected chi connectivity index (χ3v) is 4.16. The average molecular weight is 381 g/mol. The molecule has 1 aromatic heterocycles. The van der Waals surface area contributed by atoms with Crippen LogP contribution in [-0.4, -0.2) is 44.3 Å². The Morgan fingerprint density at radius 3 is 2.54 bits per heavy atom. The first-order chi connectivity index (χ1) is 13.5. The van der Waals surface area contributed by atoms with Crippen LogP contribution < -0.4 is 10.1 Å². The van der Waals surface area contributed by atoms with Crippen LogP contribution in [0.25, 0.3) is 5.69 Å². The highest BCUT2D eigenvalue weighted by atomic mass is 16.5. The first-order valence-electron chi connectivity index (χ1n) is 8.53. The molecular weight excluding hydrogens is 362 g/mol. The Bertz CT molecular complexity index is 998. The molecule has 0 aliphatic rings. The van der Waals surface area contributed by atoms with E-state index < -0.39 is 5.97 Å². The molecule has 0 atom stereocenters. The maximum absolute atomic E-state index is 12.3. The van der Waals surface area contributed by atoms with Crippen LogP contribution in [0.1, 0.15) is 28.2 Å². The van der Waals surface area contributed by atoms with Gasteiger partial charge in [0.15, 0.2) is 5.82 Å². The van der Waals surface area contributed by atoms with E-state index in [9.17, 15) is 9.59 Å². The summed E-state index contributed by atoms with van der Waals surface area (Å²) in [7, 11) is 1.55. The molecule has 9 heteroatoms. The van der Waals surface area contributed by atoms with E-state index in [1.807, 2.05) is 0 Å². The molecule has 144 valence electrons. The van der Waals surface area contributed by atoms with E-state index in [4.69, 9.17) is 9.84 Å². The van der Waals surface area contributed by atoms with Gasteiger partial charge in [-0.1, -0.05) is 12.1 Å². The lowest BCUT2D eigenvalue weighted by Gasteiger charge is -2.12. The minimum absolute atomic E-state index is 0.160. The number of carboxylic acids is 1. The second-order valence-electron chi connectivity index (χ2n) is 6.07. The number of amides is 1. The van der Waals surface area contributed by atoms with Crippen molar-refractivity contribution in [2.75, 3.05) is 12.4 Å². The highest BCUT2D eigenvalue weighted by Crippen LogP contribution is 2.26. The Morgan fingerprint density at radius 2 is 1.93 bits per heavy atom. The number of methoxy groups -OCH3 is 1. The SMILES string of the molecule is COc1ccc(NC(=O)CCc2ccc(C(=O)O)cc2)cc1-n1nnnc1C. The van der Waals surface area contributed by atoms with Gasteiger partial charge in [0.2, 0.25) is 5.91 Å². The molecule has 0 fully saturated rings. The van der Waals surface area contributed by atoms with E-state index >= 15 is 0 Å². The lowest BCUT2D eigenvalue weighted by molar-refractivity contribution is -0.116. The third kappa shape index (κ3) is 4.32. The smallest absolute Gasteiger partial charge is 0.335 e. The van der Waals surface area contributed by atoms with E-state index in [2.05, 4.69) is 20.8 Å². The third-order valence-electron chi connectivity index (χ3n) is 4.16. The molecule has 0 bridgehead atoms. The van der Waals surface area contributed by atoms with Crippen LogP contribution in [0.15, 0.2) is 42.5 Å². The van der Waals surface area contributed by atoms with Crippen molar-refractivity contribution in [3.8, 4) is 11.4 Å². The molecule has 0 unspecified atom stereocenters. The number of nitrogens with zero attached hydrogens (tertiary/aromatic N) is 4. The van der Waals surface area contributed by atoms with Crippen LogP contribution in [-0.2, 0) is 11.2 Å². The van der Waals surface area contributed by atoms with E-state index in [0.29, 0.717) is 29.4 Å². The Balaban J connectivity index is 1.67. The molecule has 28 heavy (non-hydrogen) atoms. The molecule has 2 aromatic carbocycles. The molecule has 0 saturated carbocycles. The number of anilines is 1. The number of carboxylic acid groups (broad SMARTS) is 1. The van der Waals surface area contributed by atoms with Gasteiger partial charge in [-0.3, -0.25) is 4.79 Å². The Kier molecular flexibility index (Phi) is 5.64. The van der Waals surface area contributed by atoms with Gasteiger partial charge in [0.05, 0.1) is 12.7 Å². The predicted molar refractivity (Wildman–Crippen MR) is 101 cm³/mol. The van der Waals surface area contributed by atoms with Crippen molar-refractivity contribution < 1.29 is 19.4 Å². The van der Waals surface area contributed by atoms with Gasteiger partial charge in [-0.2, -0.15) is 4.68 Å². The van der Waals surface area contributed by atoms with Gasteiger partial charge in [-0.15, -0.1) is 5.10 Å². The van der Waals surface area contributed by atoms with Crippen molar-refractivity contribution in [2.45, 2.75) is 19.8 Å². The van der Waals surface area contributed by atoms with Crippen LogP contribution in [0.4, 0.5) is 5.69 Å². The fourth-order valence-electron chi connectivity index (χ4n) is 2.68. The minimum Gasteiger partial charge on any atom is -0.494 e. The van der Waals surface area contributed by atoms with E-state index in [0.717, 1.165) is 5.56 Å². The van der Waals surface area contributed by atoms with Crippen LogP contribution in [0.3, 0.4) is 0 Å². The van der Waals surface area contributed by atoms with Crippen molar-refractivity contribution in [2.24, 2.45) is 0 Å². The number of aryl methyl sites for hydroxylation is 2. The molecule has 0 aliphatic heterocycles. The summed E-state index contributed by atoms with van der Waals surface area (Å²) in [4.78, 5) is 23.2. The lowest BCUT2D eigenvalue weighted by Crippen LogP contribution is -2.13. The van der Waals surface area contributed by atoms with Gasteiger partial charge in [0.25, 0.3) is 0 Å². The van der Waals surface area contributed by atoms with Crippen LogP contribution in [0.5, 0.6) is 5.75 Å². The van der Waals surface area contributed by atoms with Crippen molar-refractivity contribution in [1.82, 2.24) is 20.2 Å². The number of rotatable bonds is 7. The van der Waals surface area contributed by atoms with Crippen LogP contribution in [0, 0.1) is 6.92 Å². The predicted octanol–water partition coefficient (Wildman–Crippen LogP) is 2.25. The minimum atomic E-state index is -0.975. The number of ether oxygens (including phenoxy) is 1. The first kappa shape index (κ1) is 19.0. The summed E-state index contributed by atoms with van der Waals surface area (Å²) >= 11 is 0. The van der Waals surface area contributed by atoms with Crippen molar-refractivity contribution >= 4 is 17.6 Å². The summed E-state index contributed by atoms with van der Waals surface area (Å²) < 4.78 is 6.87. The second kappa shape index (κ2) is 8.30. The lowest BCUT2D eigenvalue weighted by atomic mass is 10.1. The Morgan fingerprint density at radius 1 is 1.18 bits per heavy atom. The zero-order valence-corrected chi connectivity index (χ0v) is 15.4. The normalized spacial score (nSPS) is 10.5. The number of hydrogen-bond donors (Lipinski definition) is 2. The van der Waals surface area contributed by atoms with Crippen molar-refractivity contribution in [3.05, 3.63) is 59.4 Å². The zero-order valence-electron chi connectivity index (χ0n) is 15.4. The average Bonchev–Trinajstić information content (AvgIpc) is 3.12. The first-order valence-corrected chi connectivity index (χ1v) is 8.53. The highest BCUT2D eigenvalue weighted by molar-refractivity contribution is 5.91. The van der Waals surface area contributed by atoms with Crippen molar-refractivity contribution in [3.63, 3.8) is 0 Å². The quantitative estimate of drug-likeness (QED) is 0.644. The maximum atomic E-state index is 12.3. The molecule has 9 nitrogen and oxygen atoms in total. The van der Waals surface area contributed by atoms with Gasteiger partial charge in [-0.25, -0.2) is 4.79 Å². The van der Waals surface area contributed by atoms with E-state index in [1.54, 1.807) is 44.4 Å². The number of carbonyl (C=O) groups is 2. The van der Waals surface area contributed by atoms with Gasteiger partial charge in [0, 0.05) is 12.1 Å². The van der Waals surface area contributed by atoms with Crippen molar-refractivity contribution in [1.29, 1.82) is 0 Å². The number of aromatic nitrogens is 4. The van der Waals surface area contributed by atoms with E-state index in [-0.39, 0.29) is 17.9 Å². The second-order valence-corrected chi connectivity index (χ2v) is 6.07. The fraction of sp³-hybridized carbons (Fsp3) is 0.211. The monoisotopic (exact) mass is 381 g/mol. The molecule has 0 spiro atoms. The largest absolute Gasteiger partial charge is 0.494 e. The number of benzene rings is 2. The van der Waals surface area contributed by atoms with Gasteiger partial charge in [-0.05, 0) is 59.7 Å². The number of nitrogens with one attached hydrogen (secondary N) is 1. The number of carbonyl (C=O) groups excluding carboxylic acids is 1. The van der Waals surface area contributed by atoms with Gasteiger partial charge < -0.3 is 15.2 Å². The summed E-state index contributed by atoms with van der Waals surface area (Å²) in [5.41, 5.74) is 2.32. The van der Waals surface area contributed by atoms with Crippen LogP contribution in [0.2, 0.25) is 0 Å².